The molecule has 1 aliphatic rings. The number of benzene rings is 2. The van der Waals surface area contributed by atoms with Gasteiger partial charge in [-0.25, -0.2) is 9.18 Å². The number of aryl methyl sites for hydroxylation is 1. The van der Waals surface area contributed by atoms with Crippen molar-refractivity contribution < 1.29 is 19.1 Å². The number of halogens is 1. The predicted molar refractivity (Wildman–Crippen MR) is 104 cm³/mol. The number of nitrogens with one attached hydrogen (secondary N) is 2. The van der Waals surface area contributed by atoms with Crippen molar-refractivity contribution in [2.24, 2.45) is 5.92 Å². The normalized spacial score (nSPS) is 14.8. The molecule has 1 amide bonds. The monoisotopic (exact) mass is 380 g/mol. The highest BCUT2D eigenvalue weighted by Crippen LogP contribution is 2.33. The lowest BCUT2D eigenvalue weighted by atomic mass is 10.0. The highest BCUT2D eigenvalue weighted by molar-refractivity contribution is 5.91. The number of hydrogen-bond acceptors (Lipinski definition) is 2. The Morgan fingerprint density at radius 2 is 1.86 bits per heavy atom. The number of aromatic amines is 1. The van der Waals surface area contributed by atoms with Crippen molar-refractivity contribution in [2.75, 3.05) is 0 Å². The Hall–Kier alpha value is -3.15. The molecule has 1 aromatic heterocycles. The van der Waals surface area contributed by atoms with Gasteiger partial charge in [0.05, 0.1) is 0 Å². The molecule has 0 bridgehead atoms. The number of para-hydroxylation sites is 1. The maximum absolute atomic E-state index is 13.3. The first-order valence-corrected chi connectivity index (χ1v) is 9.40. The molecular formula is C22H21FN2O3. The van der Waals surface area contributed by atoms with E-state index in [1.54, 1.807) is 12.1 Å². The van der Waals surface area contributed by atoms with Gasteiger partial charge in [0.15, 0.2) is 0 Å². The van der Waals surface area contributed by atoms with Crippen LogP contribution in [0.25, 0.3) is 22.2 Å². The number of carboxylic acids is 1. The van der Waals surface area contributed by atoms with Crippen LogP contribution in [0.3, 0.4) is 0 Å². The summed E-state index contributed by atoms with van der Waals surface area (Å²) < 4.78 is 13.3. The minimum Gasteiger partial charge on any atom is -0.480 e. The summed E-state index contributed by atoms with van der Waals surface area (Å²) in [5.74, 6) is -1.51. The number of carbonyl (C=O) groups is 2. The summed E-state index contributed by atoms with van der Waals surface area (Å²) in [6.07, 6.45) is 2.33. The molecule has 0 radical (unpaired) electrons. The summed E-state index contributed by atoms with van der Waals surface area (Å²) in [6.45, 7) is 0. The molecule has 4 rings (SSSR count). The van der Waals surface area contributed by atoms with Crippen molar-refractivity contribution in [3.63, 3.8) is 0 Å². The topological polar surface area (TPSA) is 82.2 Å². The zero-order chi connectivity index (χ0) is 19.7. The summed E-state index contributed by atoms with van der Waals surface area (Å²) in [7, 11) is 0. The van der Waals surface area contributed by atoms with E-state index in [2.05, 4.69) is 10.3 Å². The van der Waals surface area contributed by atoms with E-state index < -0.39 is 12.0 Å². The van der Waals surface area contributed by atoms with Crippen molar-refractivity contribution in [3.05, 3.63) is 59.9 Å². The second-order valence-electron chi connectivity index (χ2n) is 7.25. The number of fused-ring (bicyclic) bond motifs is 1. The second-order valence-corrected chi connectivity index (χ2v) is 7.25. The smallest absolute Gasteiger partial charge is 0.326 e. The van der Waals surface area contributed by atoms with Crippen molar-refractivity contribution in [1.29, 1.82) is 0 Å². The molecule has 0 saturated heterocycles. The zero-order valence-corrected chi connectivity index (χ0v) is 15.2. The molecule has 1 atom stereocenters. The molecule has 0 spiro atoms. The van der Waals surface area contributed by atoms with Crippen LogP contribution in [-0.2, 0) is 16.0 Å². The maximum Gasteiger partial charge on any atom is 0.326 e. The molecular weight excluding hydrogens is 359 g/mol. The second kappa shape index (κ2) is 7.46. The quantitative estimate of drug-likeness (QED) is 0.582. The molecule has 3 aromatic rings. The number of carboxylic acid groups (broad SMARTS) is 1. The van der Waals surface area contributed by atoms with Crippen molar-refractivity contribution in [2.45, 2.75) is 31.7 Å². The van der Waals surface area contributed by atoms with Gasteiger partial charge in [-0.3, -0.25) is 4.79 Å². The van der Waals surface area contributed by atoms with Crippen LogP contribution >= 0.6 is 0 Å². The zero-order valence-electron chi connectivity index (χ0n) is 15.2. The lowest BCUT2D eigenvalue weighted by Crippen LogP contribution is -2.42. The van der Waals surface area contributed by atoms with Crippen molar-refractivity contribution >= 4 is 22.8 Å². The van der Waals surface area contributed by atoms with E-state index in [0.29, 0.717) is 6.42 Å². The molecule has 28 heavy (non-hydrogen) atoms. The fourth-order valence-corrected chi connectivity index (χ4v) is 3.62. The van der Waals surface area contributed by atoms with Crippen molar-refractivity contribution in [1.82, 2.24) is 10.3 Å². The Bertz CT molecular complexity index is 1020. The van der Waals surface area contributed by atoms with E-state index in [4.69, 9.17) is 0 Å². The van der Waals surface area contributed by atoms with Gasteiger partial charge in [0.25, 0.3) is 0 Å². The highest BCUT2D eigenvalue weighted by Gasteiger charge is 2.37. The first-order valence-electron chi connectivity index (χ1n) is 9.40. The van der Waals surface area contributed by atoms with E-state index in [9.17, 15) is 19.1 Å². The third kappa shape index (κ3) is 3.76. The van der Waals surface area contributed by atoms with Gasteiger partial charge in [-0.1, -0.05) is 18.2 Å². The van der Waals surface area contributed by atoms with Crippen LogP contribution in [0.15, 0.2) is 48.5 Å². The fourth-order valence-electron chi connectivity index (χ4n) is 3.62. The minimum atomic E-state index is -0.977. The molecule has 6 heteroatoms. The number of rotatable bonds is 7. The number of hydrogen-bond donors (Lipinski definition) is 3. The first kappa shape index (κ1) is 18.2. The van der Waals surface area contributed by atoms with Crippen LogP contribution in [0.2, 0.25) is 0 Å². The average Bonchev–Trinajstić information content (AvgIpc) is 3.45. The molecule has 5 nitrogen and oxygen atoms in total. The van der Waals surface area contributed by atoms with Gasteiger partial charge in [-0.15, -0.1) is 0 Å². The number of H-pyrrole nitrogens is 1. The molecule has 1 heterocycles. The largest absolute Gasteiger partial charge is 0.480 e. The van der Waals surface area contributed by atoms with Gasteiger partial charge in [-0.05, 0) is 66.6 Å². The standard InChI is InChI=1S/C22H21FN2O3/c23-15-9-7-13(8-10-15)20-17(16-3-1-2-4-18(16)24-20)11-12-19(26)25-21(22(27)28)14-5-6-14/h1-4,7-10,14,21,24H,5-6,11-12H2,(H,25,26)(H,27,28). The Kier molecular flexibility index (Phi) is 4.86. The SMILES string of the molecule is O=C(CCc1c(-c2ccc(F)cc2)[nH]c2ccccc12)NC(C(=O)O)C1CC1. The van der Waals surface area contributed by atoms with Crippen molar-refractivity contribution in [3.8, 4) is 11.3 Å². The minimum absolute atomic E-state index is 0.0457. The van der Waals surface area contributed by atoms with Gasteiger partial charge in [0, 0.05) is 23.0 Å². The Morgan fingerprint density at radius 3 is 2.54 bits per heavy atom. The molecule has 2 aromatic carbocycles. The molecule has 1 unspecified atom stereocenters. The summed E-state index contributed by atoms with van der Waals surface area (Å²) >= 11 is 0. The average molecular weight is 380 g/mol. The van der Waals surface area contributed by atoms with Gasteiger partial charge in [0.2, 0.25) is 5.91 Å². The number of amides is 1. The van der Waals surface area contributed by atoms with Gasteiger partial charge in [0.1, 0.15) is 11.9 Å². The van der Waals surface area contributed by atoms with Crippen LogP contribution < -0.4 is 5.32 Å². The van der Waals surface area contributed by atoms with E-state index >= 15 is 0 Å². The number of carbonyl (C=O) groups excluding carboxylic acids is 1. The van der Waals surface area contributed by atoms with E-state index in [1.807, 2.05) is 24.3 Å². The summed E-state index contributed by atoms with van der Waals surface area (Å²) in [5.41, 5.74) is 3.61. The lowest BCUT2D eigenvalue weighted by Gasteiger charge is -2.13. The molecule has 3 N–H and O–H groups in total. The summed E-state index contributed by atoms with van der Waals surface area (Å²) in [6, 6.07) is 13.2. The van der Waals surface area contributed by atoms with Gasteiger partial charge in [-0.2, -0.15) is 0 Å². The van der Waals surface area contributed by atoms with E-state index in [0.717, 1.165) is 40.6 Å². The molecule has 0 aliphatic heterocycles. The molecule has 1 fully saturated rings. The van der Waals surface area contributed by atoms with Crippen LogP contribution in [0.1, 0.15) is 24.8 Å². The number of aromatic nitrogens is 1. The predicted octanol–water partition coefficient (Wildman–Crippen LogP) is 3.89. The molecule has 144 valence electrons. The van der Waals surface area contributed by atoms with E-state index in [1.165, 1.54) is 12.1 Å². The van der Waals surface area contributed by atoms with Crippen LogP contribution in [0.5, 0.6) is 0 Å². The number of aliphatic carboxylic acids is 1. The molecule has 1 aliphatic carbocycles. The Balaban J connectivity index is 1.57. The third-order valence-electron chi connectivity index (χ3n) is 5.22. The fraction of sp³-hybridized carbons (Fsp3) is 0.273. The van der Waals surface area contributed by atoms with Crippen LogP contribution in [0, 0.1) is 11.7 Å². The highest BCUT2D eigenvalue weighted by atomic mass is 19.1. The first-order chi connectivity index (χ1) is 13.5. The Morgan fingerprint density at radius 1 is 1.14 bits per heavy atom. The third-order valence-corrected chi connectivity index (χ3v) is 5.22. The maximum atomic E-state index is 13.3. The van der Waals surface area contributed by atoms with Gasteiger partial charge >= 0.3 is 5.97 Å². The van der Waals surface area contributed by atoms with Gasteiger partial charge < -0.3 is 15.4 Å². The summed E-state index contributed by atoms with van der Waals surface area (Å²) in [5, 5.41) is 13.0. The Labute approximate surface area is 161 Å². The van der Waals surface area contributed by atoms with Crippen LogP contribution in [-0.4, -0.2) is 28.0 Å². The lowest BCUT2D eigenvalue weighted by molar-refractivity contribution is -0.142. The summed E-state index contributed by atoms with van der Waals surface area (Å²) in [4.78, 5) is 27.1. The van der Waals surface area contributed by atoms with Crippen LogP contribution in [0.4, 0.5) is 4.39 Å². The molecule has 1 saturated carbocycles. The van der Waals surface area contributed by atoms with E-state index in [-0.39, 0.29) is 24.1 Å².